The van der Waals surface area contributed by atoms with Crippen LogP contribution in [0.5, 0.6) is 0 Å². The molecule has 7 heteroatoms. The lowest BCUT2D eigenvalue weighted by Crippen LogP contribution is -2.50. The molecule has 1 nitrogen and oxygen atoms in total. The molecule has 2 aromatic carbocycles. The zero-order valence-corrected chi connectivity index (χ0v) is 11.6. The molecule has 0 radical (unpaired) electrons. The van der Waals surface area contributed by atoms with Crippen molar-refractivity contribution in [2.45, 2.75) is 23.9 Å². The van der Waals surface area contributed by atoms with Crippen LogP contribution in [-0.2, 0) is 0 Å². The highest BCUT2D eigenvalue weighted by Crippen LogP contribution is 2.69. The van der Waals surface area contributed by atoms with Crippen LogP contribution in [0.3, 0.4) is 0 Å². The van der Waals surface area contributed by atoms with E-state index in [1.165, 1.54) is 54.6 Å². The van der Waals surface area contributed by atoms with Gasteiger partial charge in [0.2, 0.25) is 0 Å². The smallest absolute Gasteiger partial charge is 0.338 e. The Balaban J connectivity index is 2.19. The summed E-state index contributed by atoms with van der Waals surface area (Å²) in [5.74, 6) is 0. The second kappa shape index (κ2) is 4.91. The number of para-hydroxylation sites is 1. The van der Waals surface area contributed by atoms with E-state index in [2.05, 4.69) is 0 Å². The fourth-order valence-electron chi connectivity index (χ4n) is 3.00. The molecule has 1 aliphatic rings. The van der Waals surface area contributed by atoms with E-state index in [-0.39, 0.29) is 11.3 Å². The fraction of sp³-hybridized carbons (Fsp3) is 0.250. The first-order valence-corrected chi connectivity index (χ1v) is 6.74. The Morgan fingerprint density at radius 2 is 1.13 bits per heavy atom. The van der Waals surface area contributed by atoms with Crippen molar-refractivity contribution in [3.05, 3.63) is 66.2 Å². The Kier molecular flexibility index (Phi) is 3.35. The van der Waals surface area contributed by atoms with Crippen molar-refractivity contribution in [1.82, 2.24) is 0 Å². The normalized spacial score (nSPS) is 20.4. The summed E-state index contributed by atoms with van der Waals surface area (Å²) in [6.45, 7) is 0. The molecule has 3 rings (SSSR count). The molecule has 0 spiro atoms. The summed E-state index contributed by atoms with van der Waals surface area (Å²) in [7, 11) is 0. The van der Waals surface area contributed by atoms with Crippen LogP contribution in [-0.4, -0.2) is 17.9 Å². The van der Waals surface area contributed by atoms with Crippen molar-refractivity contribution in [2.24, 2.45) is 0 Å². The number of halogens is 6. The molecule has 23 heavy (non-hydrogen) atoms. The third-order valence-electron chi connectivity index (χ3n) is 3.98. The van der Waals surface area contributed by atoms with Crippen molar-refractivity contribution in [3.63, 3.8) is 0 Å². The van der Waals surface area contributed by atoms with Gasteiger partial charge in [0.25, 0.3) is 5.54 Å². The van der Waals surface area contributed by atoms with Gasteiger partial charge in [-0.25, -0.2) is 0 Å². The van der Waals surface area contributed by atoms with Gasteiger partial charge in [-0.05, 0) is 17.7 Å². The lowest BCUT2D eigenvalue weighted by molar-refractivity contribution is -0.264. The maximum absolute atomic E-state index is 13.5. The van der Waals surface area contributed by atoms with Crippen LogP contribution in [0.4, 0.5) is 32.0 Å². The van der Waals surface area contributed by atoms with E-state index in [0.717, 1.165) is 0 Å². The number of benzene rings is 2. The first-order chi connectivity index (χ1) is 10.7. The summed E-state index contributed by atoms with van der Waals surface area (Å²) in [6, 6.07) is 12.0. The van der Waals surface area contributed by atoms with Crippen molar-refractivity contribution >= 4 is 5.69 Å². The fourth-order valence-corrected chi connectivity index (χ4v) is 3.00. The average Bonchev–Trinajstić information content (AvgIpc) is 3.20. The Morgan fingerprint density at radius 3 is 1.57 bits per heavy atom. The molecular formula is C16H11F6N. The van der Waals surface area contributed by atoms with Gasteiger partial charge in [-0.2, -0.15) is 26.3 Å². The summed E-state index contributed by atoms with van der Waals surface area (Å²) in [6.07, 6.45) is -10.9. The van der Waals surface area contributed by atoms with Crippen LogP contribution in [0.1, 0.15) is 11.6 Å². The van der Waals surface area contributed by atoms with Crippen molar-refractivity contribution in [1.29, 1.82) is 0 Å². The third-order valence-corrected chi connectivity index (χ3v) is 3.98. The van der Waals surface area contributed by atoms with Crippen molar-refractivity contribution in [2.75, 3.05) is 4.90 Å². The highest BCUT2D eigenvalue weighted by atomic mass is 19.4. The minimum absolute atomic E-state index is 0.0222. The number of hydrogen-bond acceptors (Lipinski definition) is 1. The molecule has 122 valence electrons. The maximum atomic E-state index is 13.5. The minimum Gasteiger partial charge on any atom is -0.338 e. The predicted octanol–water partition coefficient (Wildman–Crippen LogP) is 5.11. The molecule has 0 N–H and O–H groups in total. The van der Waals surface area contributed by atoms with Crippen LogP contribution >= 0.6 is 0 Å². The van der Waals surface area contributed by atoms with E-state index >= 15 is 0 Å². The van der Waals surface area contributed by atoms with Crippen LogP contribution in [0.15, 0.2) is 60.7 Å². The average molecular weight is 331 g/mol. The van der Waals surface area contributed by atoms with E-state index in [4.69, 9.17) is 0 Å². The molecular weight excluding hydrogens is 320 g/mol. The molecule has 0 amide bonds. The van der Waals surface area contributed by atoms with E-state index in [0.29, 0.717) is 4.90 Å². The topological polar surface area (TPSA) is 3.01 Å². The first kappa shape index (κ1) is 15.7. The van der Waals surface area contributed by atoms with E-state index in [1.54, 1.807) is 6.07 Å². The van der Waals surface area contributed by atoms with Crippen molar-refractivity contribution < 1.29 is 26.3 Å². The third kappa shape index (κ3) is 2.17. The second-order valence-electron chi connectivity index (χ2n) is 5.28. The van der Waals surface area contributed by atoms with Crippen LogP contribution < -0.4 is 4.90 Å². The number of nitrogens with zero attached hydrogens (tertiary/aromatic N) is 1. The SMILES string of the molecule is FC(F)(F)C1(C(F)(F)F)C(c2ccccc2)N1c1ccccc1. The van der Waals surface area contributed by atoms with E-state index in [1.807, 2.05) is 0 Å². The molecule has 1 unspecified atom stereocenters. The summed E-state index contributed by atoms with van der Waals surface area (Å²) in [5.41, 5.74) is -4.04. The van der Waals surface area contributed by atoms with E-state index in [9.17, 15) is 26.3 Å². The van der Waals surface area contributed by atoms with Crippen molar-refractivity contribution in [3.8, 4) is 0 Å². The number of alkyl halides is 6. The molecule has 1 aliphatic heterocycles. The van der Waals surface area contributed by atoms with Crippen LogP contribution in [0, 0.1) is 0 Å². The predicted molar refractivity (Wildman–Crippen MR) is 72.9 cm³/mol. The van der Waals surface area contributed by atoms with Crippen LogP contribution in [0.25, 0.3) is 0 Å². The zero-order chi connectivity index (χ0) is 16.9. The van der Waals surface area contributed by atoms with E-state index < -0.39 is 23.9 Å². The van der Waals surface area contributed by atoms with Gasteiger partial charge in [0.05, 0.1) is 6.04 Å². The number of rotatable bonds is 2. The largest absolute Gasteiger partial charge is 0.423 e. The standard InChI is InChI=1S/C16H11F6N/c17-15(18,19)14(16(20,21)22)13(11-7-3-1-4-8-11)23(14)12-9-5-2-6-10-12/h1-10,13H. The molecule has 0 aliphatic carbocycles. The number of hydrogen-bond donors (Lipinski definition) is 0. The monoisotopic (exact) mass is 331 g/mol. The van der Waals surface area contributed by atoms with Gasteiger partial charge >= 0.3 is 12.4 Å². The molecule has 0 bridgehead atoms. The quantitative estimate of drug-likeness (QED) is 0.546. The Bertz CT molecular complexity index is 616. The molecule has 1 atom stereocenters. The van der Waals surface area contributed by atoms with Gasteiger partial charge < -0.3 is 4.90 Å². The summed E-state index contributed by atoms with van der Waals surface area (Å²) in [5, 5.41) is 0. The van der Waals surface area contributed by atoms with Crippen LogP contribution in [0.2, 0.25) is 0 Å². The number of anilines is 1. The Labute approximate surface area is 128 Å². The lowest BCUT2D eigenvalue weighted by Gasteiger charge is -2.24. The second-order valence-corrected chi connectivity index (χ2v) is 5.28. The summed E-state index contributed by atoms with van der Waals surface area (Å²) in [4.78, 5) is 0.391. The molecule has 2 aromatic rings. The van der Waals surface area contributed by atoms with Gasteiger partial charge in [-0.15, -0.1) is 0 Å². The van der Waals surface area contributed by atoms with Gasteiger partial charge in [0.1, 0.15) is 0 Å². The zero-order valence-electron chi connectivity index (χ0n) is 11.6. The maximum Gasteiger partial charge on any atom is 0.423 e. The molecule has 0 saturated carbocycles. The summed E-state index contributed by atoms with van der Waals surface area (Å²) < 4.78 is 81.0. The molecule has 1 heterocycles. The van der Waals surface area contributed by atoms with Gasteiger partial charge in [-0.3, -0.25) is 0 Å². The molecule has 0 aromatic heterocycles. The Morgan fingerprint density at radius 1 is 0.696 bits per heavy atom. The summed E-state index contributed by atoms with van der Waals surface area (Å²) >= 11 is 0. The highest BCUT2D eigenvalue weighted by Gasteiger charge is 2.89. The highest BCUT2D eigenvalue weighted by molar-refractivity contribution is 5.65. The lowest BCUT2D eigenvalue weighted by atomic mass is 9.98. The van der Waals surface area contributed by atoms with Gasteiger partial charge in [-0.1, -0.05) is 48.5 Å². The molecule has 1 saturated heterocycles. The van der Waals surface area contributed by atoms with Gasteiger partial charge in [0, 0.05) is 5.69 Å². The first-order valence-electron chi connectivity index (χ1n) is 6.74. The van der Waals surface area contributed by atoms with Gasteiger partial charge in [0.15, 0.2) is 0 Å². The Hall–Kier alpha value is -2.18. The molecule has 1 fully saturated rings. The minimum atomic E-state index is -5.46.